The summed E-state index contributed by atoms with van der Waals surface area (Å²) in [5, 5.41) is 0.731. The lowest BCUT2D eigenvalue weighted by atomic mass is 10.1. The fourth-order valence-electron chi connectivity index (χ4n) is 3.80. The lowest BCUT2D eigenvalue weighted by Crippen LogP contribution is -2.33. The van der Waals surface area contributed by atoms with E-state index in [4.69, 9.17) is 16.3 Å². The zero-order valence-electron chi connectivity index (χ0n) is 19.1. The first-order valence-corrected chi connectivity index (χ1v) is 11.7. The van der Waals surface area contributed by atoms with Gasteiger partial charge in [0.15, 0.2) is 0 Å². The molecule has 0 aliphatic carbocycles. The van der Waals surface area contributed by atoms with Crippen LogP contribution in [-0.2, 0) is 24.2 Å². The number of hydrogen-bond donors (Lipinski definition) is 0. The van der Waals surface area contributed by atoms with Crippen LogP contribution in [0.25, 0.3) is 0 Å². The second-order valence-corrected chi connectivity index (χ2v) is 8.57. The number of carbonyl (C=O) groups is 1. The summed E-state index contributed by atoms with van der Waals surface area (Å²) >= 11 is 6.15. The van der Waals surface area contributed by atoms with Crippen LogP contribution >= 0.6 is 11.6 Å². The second kappa shape index (κ2) is 12.5. The number of aromatic nitrogens is 1. The maximum absolute atomic E-state index is 13.4. The van der Waals surface area contributed by atoms with E-state index >= 15 is 0 Å². The van der Waals surface area contributed by atoms with Gasteiger partial charge in [-0.2, -0.15) is 0 Å². The van der Waals surface area contributed by atoms with Gasteiger partial charge in [0.05, 0.1) is 6.54 Å². The predicted molar refractivity (Wildman–Crippen MR) is 131 cm³/mol. The number of benzene rings is 2. The van der Waals surface area contributed by atoms with Crippen molar-refractivity contribution in [1.29, 1.82) is 0 Å². The molecule has 4 nitrogen and oxygen atoms in total. The Morgan fingerprint density at radius 2 is 1.84 bits per heavy atom. The molecule has 0 saturated carbocycles. The van der Waals surface area contributed by atoms with Gasteiger partial charge >= 0.3 is 0 Å². The number of methoxy groups -OCH3 is 1. The van der Waals surface area contributed by atoms with Crippen molar-refractivity contribution >= 4 is 17.5 Å². The molecule has 32 heavy (non-hydrogen) atoms. The standard InChI is InChI=1S/C27H33ClN2O2/c1-3-4-8-22-12-14-24(15-13-22)27(31)30(17-7-18-32-2)21-26-11-6-16-29(26)20-23-9-5-10-25(28)19-23/h5-6,9-16,19H,3-4,7-8,17-18,20-21H2,1-2H3. The quantitative estimate of drug-likeness (QED) is 0.306. The topological polar surface area (TPSA) is 34.5 Å². The Morgan fingerprint density at radius 3 is 2.56 bits per heavy atom. The van der Waals surface area contributed by atoms with Crippen LogP contribution in [0.5, 0.6) is 0 Å². The molecule has 0 saturated heterocycles. The fraction of sp³-hybridized carbons (Fsp3) is 0.370. The molecule has 1 heterocycles. The molecule has 0 unspecified atom stereocenters. The van der Waals surface area contributed by atoms with Crippen molar-refractivity contribution in [2.75, 3.05) is 20.3 Å². The first-order chi connectivity index (χ1) is 15.6. The highest BCUT2D eigenvalue weighted by atomic mass is 35.5. The van der Waals surface area contributed by atoms with E-state index in [-0.39, 0.29) is 5.91 Å². The average Bonchev–Trinajstić information content (AvgIpc) is 3.23. The maximum atomic E-state index is 13.4. The molecule has 3 rings (SSSR count). The van der Waals surface area contributed by atoms with E-state index in [1.165, 1.54) is 18.4 Å². The largest absolute Gasteiger partial charge is 0.385 e. The van der Waals surface area contributed by atoms with E-state index in [0.717, 1.165) is 41.2 Å². The van der Waals surface area contributed by atoms with Gasteiger partial charge in [-0.1, -0.05) is 49.2 Å². The van der Waals surface area contributed by atoms with Crippen molar-refractivity contribution in [2.45, 2.75) is 45.7 Å². The number of hydrogen-bond acceptors (Lipinski definition) is 2. The smallest absolute Gasteiger partial charge is 0.254 e. The van der Waals surface area contributed by atoms with E-state index in [1.54, 1.807) is 7.11 Å². The number of carbonyl (C=O) groups excluding carboxylic acids is 1. The van der Waals surface area contributed by atoms with Crippen molar-refractivity contribution in [1.82, 2.24) is 9.47 Å². The summed E-state index contributed by atoms with van der Waals surface area (Å²) in [6, 6.07) is 20.1. The van der Waals surface area contributed by atoms with Crippen LogP contribution in [0.2, 0.25) is 5.02 Å². The summed E-state index contributed by atoms with van der Waals surface area (Å²) in [4.78, 5) is 15.3. The number of unbranched alkanes of at least 4 members (excludes halogenated alkanes) is 1. The number of amides is 1. The number of nitrogens with zero attached hydrogens (tertiary/aromatic N) is 2. The fourth-order valence-corrected chi connectivity index (χ4v) is 4.02. The van der Waals surface area contributed by atoms with Crippen LogP contribution in [0.1, 0.15) is 53.4 Å². The third-order valence-corrected chi connectivity index (χ3v) is 5.84. The molecule has 2 aromatic carbocycles. The Hall–Kier alpha value is -2.56. The zero-order valence-corrected chi connectivity index (χ0v) is 19.9. The van der Waals surface area contributed by atoms with Crippen LogP contribution in [0, 0.1) is 0 Å². The van der Waals surface area contributed by atoms with Crippen molar-refractivity contribution in [2.24, 2.45) is 0 Å². The monoisotopic (exact) mass is 452 g/mol. The minimum absolute atomic E-state index is 0.0543. The Balaban J connectivity index is 1.74. The molecule has 0 aliphatic rings. The first-order valence-electron chi connectivity index (χ1n) is 11.4. The van der Waals surface area contributed by atoms with Crippen molar-refractivity contribution in [3.63, 3.8) is 0 Å². The lowest BCUT2D eigenvalue weighted by Gasteiger charge is -2.24. The summed E-state index contributed by atoms with van der Waals surface area (Å²) in [5.41, 5.74) is 4.24. The van der Waals surface area contributed by atoms with Crippen LogP contribution in [-0.4, -0.2) is 35.6 Å². The Morgan fingerprint density at radius 1 is 1.03 bits per heavy atom. The van der Waals surface area contributed by atoms with Crippen molar-refractivity contribution in [3.8, 4) is 0 Å². The van der Waals surface area contributed by atoms with Gasteiger partial charge in [-0.25, -0.2) is 0 Å². The Bertz CT molecular complexity index is 981. The summed E-state index contributed by atoms with van der Waals surface area (Å²) in [6.45, 7) is 4.73. The highest BCUT2D eigenvalue weighted by Crippen LogP contribution is 2.17. The lowest BCUT2D eigenvalue weighted by molar-refractivity contribution is 0.0720. The molecule has 1 amide bonds. The maximum Gasteiger partial charge on any atom is 0.254 e. The number of rotatable bonds is 12. The zero-order chi connectivity index (χ0) is 22.8. The molecular weight excluding hydrogens is 420 g/mol. The molecule has 0 aliphatic heterocycles. The predicted octanol–water partition coefficient (Wildman–Crippen LogP) is 6.21. The number of halogens is 1. The molecule has 0 N–H and O–H groups in total. The van der Waals surface area contributed by atoms with Crippen molar-refractivity contribution in [3.05, 3.63) is 94.3 Å². The molecule has 0 atom stereocenters. The van der Waals surface area contributed by atoms with Crippen LogP contribution < -0.4 is 0 Å². The highest BCUT2D eigenvalue weighted by molar-refractivity contribution is 6.30. The van der Waals surface area contributed by atoms with E-state index in [0.29, 0.717) is 19.7 Å². The minimum Gasteiger partial charge on any atom is -0.385 e. The first kappa shape index (κ1) is 24.1. The van der Waals surface area contributed by atoms with E-state index in [1.807, 2.05) is 41.3 Å². The molecule has 170 valence electrons. The molecule has 1 aromatic heterocycles. The molecule has 0 fully saturated rings. The van der Waals surface area contributed by atoms with Gasteiger partial charge in [-0.15, -0.1) is 0 Å². The average molecular weight is 453 g/mol. The van der Waals surface area contributed by atoms with Gasteiger partial charge in [-0.05, 0) is 66.8 Å². The van der Waals surface area contributed by atoms with Gasteiger partial charge in [0.1, 0.15) is 0 Å². The molecule has 3 aromatic rings. The summed E-state index contributed by atoms with van der Waals surface area (Å²) in [5.74, 6) is 0.0543. The summed E-state index contributed by atoms with van der Waals surface area (Å²) in [6.07, 6.45) is 6.24. The molecule has 0 radical (unpaired) electrons. The highest BCUT2D eigenvalue weighted by Gasteiger charge is 2.18. The third kappa shape index (κ3) is 6.98. The third-order valence-electron chi connectivity index (χ3n) is 5.60. The van der Waals surface area contributed by atoms with Gasteiger partial charge in [0.2, 0.25) is 0 Å². The number of aryl methyl sites for hydroxylation is 1. The molecule has 0 spiro atoms. The summed E-state index contributed by atoms with van der Waals surface area (Å²) in [7, 11) is 1.69. The van der Waals surface area contributed by atoms with Gasteiger partial charge < -0.3 is 14.2 Å². The minimum atomic E-state index is 0.0543. The number of ether oxygens (including phenoxy) is 1. The van der Waals surface area contributed by atoms with E-state index < -0.39 is 0 Å². The van der Waals surface area contributed by atoms with E-state index in [9.17, 15) is 4.79 Å². The van der Waals surface area contributed by atoms with Gasteiger partial charge in [0, 0.05) is 49.3 Å². The Labute approximate surface area is 196 Å². The summed E-state index contributed by atoms with van der Waals surface area (Å²) < 4.78 is 7.40. The normalized spacial score (nSPS) is 11.0. The molecule has 0 bridgehead atoms. The Kier molecular flexibility index (Phi) is 9.39. The van der Waals surface area contributed by atoms with E-state index in [2.05, 4.69) is 42.0 Å². The SMILES string of the molecule is CCCCc1ccc(C(=O)N(CCCOC)Cc2cccn2Cc2cccc(Cl)c2)cc1. The van der Waals surface area contributed by atoms with Crippen LogP contribution in [0.4, 0.5) is 0 Å². The van der Waals surface area contributed by atoms with Gasteiger partial charge in [-0.3, -0.25) is 4.79 Å². The van der Waals surface area contributed by atoms with Crippen LogP contribution in [0.15, 0.2) is 66.9 Å². The van der Waals surface area contributed by atoms with Crippen LogP contribution in [0.3, 0.4) is 0 Å². The second-order valence-electron chi connectivity index (χ2n) is 8.13. The molecular formula is C27H33ClN2O2. The van der Waals surface area contributed by atoms with Gasteiger partial charge in [0.25, 0.3) is 5.91 Å². The van der Waals surface area contributed by atoms with Crippen molar-refractivity contribution < 1.29 is 9.53 Å². The molecule has 5 heteroatoms.